The molecule has 188 valence electrons. The summed E-state index contributed by atoms with van der Waals surface area (Å²) in [6, 6.07) is 12.6. The SMILES string of the molecule is CC(=O)/C(=C/c1ccccc1[N+](=O)[O-])CN1CCN(C/C(=C\c2ccccc2[N+](=O)[O-])C(C)=O)CC1. The number of hydrogen-bond donors (Lipinski definition) is 0. The smallest absolute Gasteiger partial charge is 0.276 e. The standard InChI is InChI=1S/C26H28N4O6/c1-19(31)23(15-21-7-3-5-9-25(21)29(33)34)17-27-11-13-28(14-12-27)18-24(20(2)32)16-22-8-4-6-10-26(22)30(35)36/h3-10,15-16H,11-14,17-18H2,1-2H3/b23-15+,24-16+. The maximum absolute atomic E-state index is 12.3. The zero-order valence-electron chi connectivity index (χ0n) is 20.3. The number of nitrogens with zero attached hydrogens (tertiary/aromatic N) is 4. The maximum Gasteiger partial charge on any atom is 0.276 e. The fourth-order valence-corrected chi connectivity index (χ4v) is 4.03. The number of ketones is 2. The van der Waals surface area contributed by atoms with Crippen molar-refractivity contribution in [3.8, 4) is 0 Å². The first-order chi connectivity index (χ1) is 17.2. The molecule has 0 amide bonds. The van der Waals surface area contributed by atoms with Gasteiger partial charge in [0.05, 0.1) is 21.0 Å². The van der Waals surface area contributed by atoms with Crippen molar-refractivity contribution in [1.29, 1.82) is 0 Å². The number of carbonyl (C=O) groups is 2. The van der Waals surface area contributed by atoms with Crippen LogP contribution < -0.4 is 0 Å². The fourth-order valence-electron chi connectivity index (χ4n) is 4.03. The summed E-state index contributed by atoms with van der Waals surface area (Å²) in [5.74, 6) is -0.302. The summed E-state index contributed by atoms with van der Waals surface area (Å²) in [5, 5.41) is 22.6. The van der Waals surface area contributed by atoms with E-state index in [0.717, 1.165) is 0 Å². The van der Waals surface area contributed by atoms with Gasteiger partial charge in [0.15, 0.2) is 11.6 Å². The third kappa shape index (κ3) is 7.00. The highest BCUT2D eigenvalue weighted by atomic mass is 16.6. The third-order valence-electron chi connectivity index (χ3n) is 6.08. The molecule has 0 radical (unpaired) electrons. The van der Waals surface area contributed by atoms with E-state index in [9.17, 15) is 29.8 Å². The number of hydrogen-bond acceptors (Lipinski definition) is 8. The van der Waals surface area contributed by atoms with Crippen molar-refractivity contribution >= 4 is 35.1 Å². The second-order valence-corrected chi connectivity index (χ2v) is 8.64. The van der Waals surface area contributed by atoms with Gasteiger partial charge in [0.25, 0.3) is 11.4 Å². The van der Waals surface area contributed by atoms with Crippen molar-refractivity contribution in [3.63, 3.8) is 0 Å². The number of nitro benzene ring substituents is 2. The first-order valence-electron chi connectivity index (χ1n) is 11.5. The zero-order chi connectivity index (χ0) is 26.2. The third-order valence-corrected chi connectivity index (χ3v) is 6.08. The molecule has 0 bridgehead atoms. The lowest BCUT2D eigenvalue weighted by molar-refractivity contribution is -0.385. The van der Waals surface area contributed by atoms with Crippen LogP contribution in [0.15, 0.2) is 59.7 Å². The second-order valence-electron chi connectivity index (χ2n) is 8.64. The Balaban J connectivity index is 1.68. The Kier molecular flexibility index (Phi) is 8.93. The molecular formula is C26H28N4O6. The van der Waals surface area contributed by atoms with E-state index in [0.29, 0.717) is 61.5 Å². The lowest BCUT2D eigenvalue weighted by atomic mass is 10.0. The van der Waals surface area contributed by atoms with Crippen LogP contribution in [0.25, 0.3) is 12.2 Å². The van der Waals surface area contributed by atoms with E-state index in [-0.39, 0.29) is 22.9 Å². The van der Waals surface area contributed by atoms with Crippen LogP contribution in [0.4, 0.5) is 11.4 Å². The molecule has 0 N–H and O–H groups in total. The quantitative estimate of drug-likeness (QED) is 0.279. The number of carbonyl (C=O) groups excluding carboxylic acids is 2. The first-order valence-corrected chi connectivity index (χ1v) is 11.5. The topological polar surface area (TPSA) is 127 Å². The highest BCUT2D eigenvalue weighted by Gasteiger charge is 2.22. The number of Topliss-reactive ketones (excluding diaryl/α,β-unsaturated/α-hetero) is 2. The van der Waals surface area contributed by atoms with Crippen LogP contribution in [0.3, 0.4) is 0 Å². The summed E-state index contributed by atoms with van der Waals surface area (Å²) in [6.45, 7) is 6.17. The molecule has 0 spiro atoms. The average Bonchev–Trinajstić information content (AvgIpc) is 2.84. The van der Waals surface area contributed by atoms with E-state index in [2.05, 4.69) is 9.80 Å². The van der Waals surface area contributed by atoms with E-state index in [4.69, 9.17) is 0 Å². The highest BCUT2D eigenvalue weighted by Crippen LogP contribution is 2.23. The zero-order valence-corrected chi connectivity index (χ0v) is 20.3. The van der Waals surface area contributed by atoms with E-state index in [1.165, 1.54) is 26.0 Å². The number of benzene rings is 2. The van der Waals surface area contributed by atoms with E-state index in [1.54, 1.807) is 48.6 Å². The van der Waals surface area contributed by atoms with E-state index in [1.807, 2.05) is 0 Å². The molecule has 1 heterocycles. The summed E-state index contributed by atoms with van der Waals surface area (Å²) in [6.07, 6.45) is 3.16. The average molecular weight is 493 g/mol. The Labute approximate surface area is 208 Å². The summed E-state index contributed by atoms with van der Waals surface area (Å²) in [4.78, 5) is 50.4. The predicted octanol–water partition coefficient (Wildman–Crippen LogP) is 3.77. The van der Waals surface area contributed by atoms with Crippen LogP contribution in [0.1, 0.15) is 25.0 Å². The molecule has 1 aliphatic rings. The number of piperazine rings is 1. The van der Waals surface area contributed by atoms with Gasteiger partial charge < -0.3 is 0 Å². The number of para-hydroxylation sites is 2. The molecule has 2 aromatic carbocycles. The van der Waals surface area contributed by atoms with Gasteiger partial charge in [0.1, 0.15) is 0 Å². The first kappa shape index (κ1) is 26.6. The lowest BCUT2D eigenvalue weighted by Crippen LogP contribution is -2.47. The molecule has 1 saturated heterocycles. The Bertz CT molecular complexity index is 1130. The largest absolute Gasteiger partial charge is 0.296 e. The molecule has 0 atom stereocenters. The Morgan fingerprint density at radius 3 is 1.36 bits per heavy atom. The molecule has 3 rings (SSSR count). The van der Waals surface area contributed by atoms with Crippen LogP contribution in [0.2, 0.25) is 0 Å². The molecule has 0 saturated carbocycles. The maximum atomic E-state index is 12.3. The molecule has 0 unspecified atom stereocenters. The highest BCUT2D eigenvalue weighted by molar-refractivity contribution is 5.99. The van der Waals surface area contributed by atoms with Crippen molar-refractivity contribution in [1.82, 2.24) is 9.80 Å². The normalized spacial score (nSPS) is 15.5. The summed E-state index contributed by atoms with van der Waals surface area (Å²) in [7, 11) is 0. The van der Waals surface area contributed by atoms with Gasteiger partial charge in [-0.2, -0.15) is 0 Å². The molecule has 10 heteroatoms. The summed E-state index contributed by atoms with van der Waals surface area (Å²) in [5.41, 5.74) is 1.64. The molecule has 0 aliphatic carbocycles. The van der Waals surface area contributed by atoms with Crippen molar-refractivity contribution in [2.45, 2.75) is 13.8 Å². The second kappa shape index (κ2) is 12.1. The van der Waals surface area contributed by atoms with Crippen LogP contribution in [0, 0.1) is 20.2 Å². The minimum absolute atomic E-state index is 0.0525. The van der Waals surface area contributed by atoms with Gasteiger partial charge in [-0.1, -0.05) is 24.3 Å². The molecule has 0 aromatic heterocycles. The Morgan fingerprint density at radius 2 is 1.06 bits per heavy atom. The van der Waals surface area contributed by atoms with Gasteiger partial charge in [-0.25, -0.2) is 0 Å². The van der Waals surface area contributed by atoms with Crippen LogP contribution in [-0.2, 0) is 9.59 Å². The summed E-state index contributed by atoms with van der Waals surface area (Å²) < 4.78 is 0. The fraction of sp³-hybridized carbons (Fsp3) is 0.308. The Morgan fingerprint density at radius 1 is 0.722 bits per heavy atom. The van der Waals surface area contributed by atoms with Crippen molar-refractivity contribution in [3.05, 3.63) is 91.0 Å². The van der Waals surface area contributed by atoms with Gasteiger partial charge in [-0.3, -0.25) is 39.6 Å². The molecular weight excluding hydrogens is 464 g/mol. The minimum Gasteiger partial charge on any atom is -0.296 e. The minimum atomic E-state index is -0.466. The van der Waals surface area contributed by atoms with Crippen molar-refractivity contribution in [2.24, 2.45) is 0 Å². The molecule has 1 aliphatic heterocycles. The Hall–Kier alpha value is -4.02. The number of nitro groups is 2. The number of rotatable bonds is 10. The molecule has 2 aromatic rings. The van der Waals surface area contributed by atoms with Crippen LogP contribution >= 0.6 is 0 Å². The summed E-state index contributed by atoms with van der Waals surface area (Å²) >= 11 is 0. The van der Waals surface area contributed by atoms with Gasteiger partial charge in [-0.05, 0) is 38.1 Å². The van der Waals surface area contributed by atoms with E-state index >= 15 is 0 Å². The van der Waals surface area contributed by atoms with Gasteiger partial charge in [0, 0.05) is 62.5 Å². The van der Waals surface area contributed by atoms with Crippen LogP contribution in [-0.4, -0.2) is 70.5 Å². The molecule has 1 fully saturated rings. The molecule has 36 heavy (non-hydrogen) atoms. The van der Waals surface area contributed by atoms with Gasteiger partial charge in [0.2, 0.25) is 0 Å². The van der Waals surface area contributed by atoms with Crippen LogP contribution in [0.5, 0.6) is 0 Å². The van der Waals surface area contributed by atoms with E-state index < -0.39 is 9.85 Å². The lowest BCUT2D eigenvalue weighted by Gasteiger charge is -2.35. The monoisotopic (exact) mass is 492 g/mol. The van der Waals surface area contributed by atoms with Crippen molar-refractivity contribution < 1.29 is 19.4 Å². The van der Waals surface area contributed by atoms with Gasteiger partial charge >= 0.3 is 0 Å². The molecule has 10 nitrogen and oxygen atoms in total. The predicted molar refractivity (Wildman–Crippen MR) is 136 cm³/mol. The van der Waals surface area contributed by atoms with Gasteiger partial charge in [-0.15, -0.1) is 0 Å². The van der Waals surface area contributed by atoms with Crippen molar-refractivity contribution in [2.75, 3.05) is 39.3 Å².